The van der Waals surface area contributed by atoms with Crippen LogP contribution in [-0.2, 0) is 9.47 Å². The molecule has 0 aromatic carbocycles. The lowest BCUT2D eigenvalue weighted by molar-refractivity contribution is -0.0690. The summed E-state index contributed by atoms with van der Waals surface area (Å²) >= 11 is 0. The fourth-order valence-electron chi connectivity index (χ4n) is 2.76. The van der Waals surface area contributed by atoms with Crippen molar-refractivity contribution in [3.8, 4) is 0 Å². The number of rotatable bonds is 8. The molecular weight excluding hydrogens is 252 g/mol. The van der Waals surface area contributed by atoms with Crippen molar-refractivity contribution in [2.24, 2.45) is 5.92 Å². The van der Waals surface area contributed by atoms with Gasteiger partial charge in [-0.3, -0.25) is 0 Å². The van der Waals surface area contributed by atoms with Crippen LogP contribution >= 0.6 is 0 Å². The highest BCUT2D eigenvalue weighted by Crippen LogP contribution is 2.34. The number of methoxy groups -OCH3 is 2. The summed E-state index contributed by atoms with van der Waals surface area (Å²) in [6, 6.07) is 0. The predicted octanol–water partition coefficient (Wildman–Crippen LogP) is 2.19. The fraction of sp³-hybridized carbons (Fsp3) is 1.00. The topological polar surface area (TPSA) is 42.5 Å². The molecule has 120 valence electrons. The molecule has 2 aliphatic rings. The maximum Gasteiger partial charge on any atom is 0.0802 e. The van der Waals surface area contributed by atoms with Gasteiger partial charge in [0.25, 0.3) is 0 Å². The average Bonchev–Trinajstić information content (AvgIpc) is 2.38. The molecule has 2 saturated carbocycles. The van der Waals surface area contributed by atoms with E-state index in [9.17, 15) is 0 Å². The van der Waals surface area contributed by atoms with Crippen LogP contribution in [0, 0.1) is 5.92 Å². The lowest BCUT2D eigenvalue weighted by atomic mass is 9.80. The second-order valence-electron chi connectivity index (χ2n) is 6.02. The van der Waals surface area contributed by atoms with Crippen molar-refractivity contribution >= 4 is 0 Å². The zero-order valence-electron chi connectivity index (χ0n) is 13.8. The largest absolute Gasteiger partial charge is 0.381 e. The standard InChI is InChI=1S/2C8H17NO/c1-3-9-6-7-4-8(5-7)10-2;1-3-9-7-8(10-2)5-4-6-8/h7-9H,3-6H2,1-2H3;9H,3-7H2,1-2H3. The molecule has 2 N–H and O–H groups in total. The van der Waals surface area contributed by atoms with Gasteiger partial charge in [0.05, 0.1) is 11.7 Å². The third-order valence-corrected chi connectivity index (χ3v) is 4.60. The van der Waals surface area contributed by atoms with E-state index in [1.54, 1.807) is 7.11 Å². The van der Waals surface area contributed by atoms with Gasteiger partial charge in [0.15, 0.2) is 0 Å². The summed E-state index contributed by atoms with van der Waals surface area (Å²) in [6.45, 7) is 8.62. The lowest BCUT2D eigenvalue weighted by Gasteiger charge is -2.40. The highest BCUT2D eigenvalue weighted by atomic mass is 16.5. The van der Waals surface area contributed by atoms with E-state index in [1.165, 1.54) is 38.6 Å². The second kappa shape index (κ2) is 9.72. The van der Waals surface area contributed by atoms with Gasteiger partial charge in [0, 0.05) is 20.8 Å². The Morgan fingerprint density at radius 3 is 2.10 bits per heavy atom. The third kappa shape index (κ3) is 5.68. The summed E-state index contributed by atoms with van der Waals surface area (Å²) < 4.78 is 10.6. The summed E-state index contributed by atoms with van der Waals surface area (Å²) in [5.41, 5.74) is 0.204. The van der Waals surface area contributed by atoms with Crippen molar-refractivity contribution in [2.45, 2.75) is 57.7 Å². The Morgan fingerprint density at radius 1 is 1.05 bits per heavy atom. The van der Waals surface area contributed by atoms with E-state index in [1.807, 2.05) is 7.11 Å². The number of ether oxygens (including phenoxy) is 2. The second-order valence-corrected chi connectivity index (χ2v) is 6.02. The Balaban J connectivity index is 0.000000200. The van der Waals surface area contributed by atoms with Gasteiger partial charge in [-0.05, 0) is 57.7 Å². The van der Waals surface area contributed by atoms with E-state index in [2.05, 4.69) is 24.5 Å². The Bertz CT molecular complexity index is 230. The zero-order chi connectivity index (χ0) is 14.8. The molecule has 2 rings (SSSR count). The SMILES string of the molecule is CCNCC1(OC)CCC1.CCNCC1CC(OC)C1. The molecular formula is C16H34N2O2. The monoisotopic (exact) mass is 286 g/mol. The lowest BCUT2D eigenvalue weighted by Crippen LogP contribution is -2.47. The summed E-state index contributed by atoms with van der Waals surface area (Å²) in [5, 5.41) is 6.66. The molecule has 0 unspecified atom stereocenters. The van der Waals surface area contributed by atoms with Gasteiger partial charge in [-0.1, -0.05) is 13.8 Å². The van der Waals surface area contributed by atoms with Crippen molar-refractivity contribution in [3.63, 3.8) is 0 Å². The van der Waals surface area contributed by atoms with E-state index in [0.29, 0.717) is 6.10 Å². The summed E-state index contributed by atoms with van der Waals surface area (Å²) in [7, 11) is 3.62. The number of hydrogen-bond acceptors (Lipinski definition) is 4. The van der Waals surface area contributed by atoms with Crippen LogP contribution in [0.5, 0.6) is 0 Å². The molecule has 0 heterocycles. The molecule has 0 aromatic heterocycles. The average molecular weight is 286 g/mol. The van der Waals surface area contributed by atoms with Crippen molar-refractivity contribution < 1.29 is 9.47 Å². The molecule has 2 aliphatic carbocycles. The fourth-order valence-corrected chi connectivity index (χ4v) is 2.76. The molecule has 0 spiro atoms. The van der Waals surface area contributed by atoms with E-state index < -0.39 is 0 Å². The molecule has 0 aromatic rings. The predicted molar refractivity (Wildman–Crippen MR) is 84.2 cm³/mol. The molecule has 0 bridgehead atoms. The molecule has 0 radical (unpaired) electrons. The van der Waals surface area contributed by atoms with Crippen LogP contribution in [-0.4, -0.2) is 52.1 Å². The van der Waals surface area contributed by atoms with Crippen LogP contribution in [0.1, 0.15) is 46.0 Å². The first kappa shape index (κ1) is 17.9. The Kier molecular flexibility index (Phi) is 8.69. The van der Waals surface area contributed by atoms with Gasteiger partial charge in [-0.15, -0.1) is 0 Å². The Labute approximate surface area is 125 Å². The van der Waals surface area contributed by atoms with E-state index >= 15 is 0 Å². The van der Waals surface area contributed by atoms with Gasteiger partial charge >= 0.3 is 0 Å². The molecule has 0 atom stereocenters. The molecule has 0 saturated heterocycles. The Hall–Kier alpha value is -0.160. The first-order chi connectivity index (χ1) is 9.69. The number of nitrogens with one attached hydrogen (secondary N) is 2. The smallest absolute Gasteiger partial charge is 0.0802 e. The summed E-state index contributed by atoms with van der Waals surface area (Å²) in [6.07, 6.45) is 6.86. The molecule has 4 nitrogen and oxygen atoms in total. The van der Waals surface area contributed by atoms with Gasteiger partial charge in [0.1, 0.15) is 0 Å². The van der Waals surface area contributed by atoms with Crippen LogP contribution in [0.15, 0.2) is 0 Å². The molecule has 20 heavy (non-hydrogen) atoms. The van der Waals surface area contributed by atoms with E-state index in [0.717, 1.165) is 25.6 Å². The van der Waals surface area contributed by atoms with Crippen LogP contribution in [0.4, 0.5) is 0 Å². The number of likely N-dealkylation sites (N-methyl/N-ethyl adjacent to an activating group) is 1. The summed E-state index contributed by atoms with van der Waals surface area (Å²) in [4.78, 5) is 0. The van der Waals surface area contributed by atoms with Crippen molar-refractivity contribution in [2.75, 3.05) is 40.4 Å². The van der Waals surface area contributed by atoms with Crippen molar-refractivity contribution in [1.82, 2.24) is 10.6 Å². The van der Waals surface area contributed by atoms with Crippen molar-refractivity contribution in [3.05, 3.63) is 0 Å². The van der Waals surface area contributed by atoms with Crippen LogP contribution in [0.25, 0.3) is 0 Å². The normalized spacial score (nSPS) is 27.0. The van der Waals surface area contributed by atoms with Crippen LogP contribution < -0.4 is 10.6 Å². The van der Waals surface area contributed by atoms with Gasteiger partial charge < -0.3 is 20.1 Å². The molecule has 0 aliphatic heterocycles. The van der Waals surface area contributed by atoms with Gasteiger partial charge in [0.2, 0.25) is 0 Å². The minimum Gasteiger partial charge on any atom is -0.381 e. The van der Waals surface area contributed by atoms with E-state index in [-0.39, 0.29) is 5.60 Å². The Morgan fingerprint density at radius 2 is 1.70 bits per heavy atom. The minimum absolute atomic E-state index is 0.204. The highest BCUT2D eigenvalue weighted by Gasteiger charge is 2.36. The number of hydrogen-bond donors (Lipinski definition) is 2. The molecule has 4 heteroatoms. The summed E-state index contributed by atoms with van der Waals surface area (Å²) in [5.74, 6) is 0.880. The van der Waals surface area contributed by atoms with Gasteiger partial charge in [-0.2, -0.15) is 0 Å². The van der Waals surface area contributed by atoms with E-state index in [4.69, 9.17) is 9.47 Å². The highest BCUT2D eigenvalue weighted by molar-refractivity contribution is 4.91. The van der Waals surface area contributed by atoms with Crippen LogP contribution in [0.3, 0.4) is 0 Å². The molecule has 2 fully saturated rings. The maximum atomic E-state index is 5.41. The first-order valence-corrected chi connectivity index (χ1v) is 8.19. The van der Waals surface area contributed by atoms with Gasteiger partial charge in [-0.25, -0.2) is 0 Å². The first-order valence-electron chi connectivity index (χ1n) is 8.19. The maximum absolute atomic E-state index is 5.41. The quantitative estimate of drug-likeness (QED) is 0.718. The van der Waals surface area contributed by atoms with Crippen LogP contribution in [0.2, 0.25) is 0 Å². The molecule has 0 amide bonds. The third-order valence-electron chi connectivity index (χ3n) is 4.60. The zero-order valence-corrected chi connectivity index (χ0v) is 13.8. The minimum atomic E-state index is 0.204. The van der Waals surface area contributed by atoms with Crippen molar-refractivity contribution in [1.29, 1.82) is 0 Å².